The van der Waals surface area contributed by atoms with Crippen molar-refractivity contribution in [3.63, 3.8) is 0 Å². The van der Waals surface area contributed by atoms with Gasteiger partial charge in [0.05, 0.1) is 16.4 Å². The van der Waals surface area contributed by atoms with Crippen LogP contribution in [0.4, 0.5) is 16.4 Å². The van der Waals surface area contributed by atoms with Gasteiger partial charge in [0.1, 0.15) is 10.7 Å². The average Bonchev–Trinajstić information content (AvgIpc) is 3.11. The third-order valence-corrected chi connectivity index (χ3v) is 6.88. The van der Waals surface area contributed by atoms with Gasteiger partial charge in [0, 0.05) is 33.0 Å². The zero-order chi connectivity index (χ0) is 20.5. The van der Waals surface area contributed by atoms with Crippen molar-refractivity contribution in [1.29, 1.82) is 0 Å². The number of para-hydroxylation sites is 2. The number of aliphatic imine (C=N–C) groups is 1. The van der Waals surface area contributed by atoms with Gasteiger partial charge in [0.25, 0.3) is 0 Å². The van der Waals surface area contributed by atoms with Gasteiger partial charge < -0.3 is 15.5 Å². The summed E-state index contributed by atoms with van der Waals surface area (Å²) >= 11 is 1.75. The maximum absolute atomic E-state index is 5.11. The van der Waals surface area contributed by atoms with Gasteiger partial charge in [0.2, 0.25) is 0 Å². The lowest BCUT2D eigenvalue weighted by atomic mass is 10.0. The minimum absolute atomic E-state index is 0. The van der Waals surface area contributed by atoms with Crippen molar-refractivity contribution < 1.29 is 1.43 Å². The third kappa shape index (κ3) is 3.85. The number of aromatic nitrogens is 1. The molecule has 1 aromatic heterocycles. The molecule has 5 rings (SSSR count). The fraction of sp³-hybridized carbons (Fsp3) is 0.333. The molecule has 0 spiro atoms. The zero-order valence-corrected chi connectivity index (χ0v) is 18.2. The standard InChI is InChI=1S/C24H27N5S.H2/c1-16(2)23-28-21-22(26-19-10-6-7-11-20(19)27-24(21)30-23)29-13-12-25-18(15-29)14-17-8-4-3-5-9-17;/h3-11,16,18,25,27H,12-15H2,1-2H3;1H/t18-;/m0./s1. The summed E-state index contributed by atoms with van der Waals surface area (Å²) in [6, 6.07) is 19.4. The van der Waals surface area contributed by atoms with E-state index in [1.54, 1.807) is 11.3 Å². The van der Waals surface area contributed by atoms with Crippen LogP contribution in [0, 0.1) is 0 Å². The van der Waals surface area contributed by atoms with Crippen molar-refractivity contribution in [3.8, 4) is 0 Å². The molecule has 0 unspecified atom stereocenters. The van der Waals surface area contributed by atoms with E-state index < -0.39 is 0 Å². The summed E-state index contributed by atoms with van der Waals surface area (Å²) < 4.78 is 0. The van der Waals surface area contributed by atoms with Crippen LogP contribution < -0.4 is 10.6 Å². The van der Waals surface area contributed by atoms with Crippen LogP contribution in [0.1, 0.15) is 37.5 Å². The molecule has 0 amide bonds. The molecular weight excluding hydrogens is 390 g/mol. The number of hydrogen-bond acceptors (Lipinski definition) is 6. The minimum Gasteiger partial charge on any atom is -0.352 e. The molecule has 6 heteroatoms. The molecule has 0 saturated carbocycles. The lowest BCUT2D eigenvalue weighted by Crippen LogP contribution is -2.53. The maximum atomic E-state index is 5.11. The second-order valence-corrected chi connectivity index (χ2v) is 9.28. The number of fused-ring (bicyclic) bond motifs is 2. The van der Waals surface area contributed by atoms with Gasteiger partial charge in [-0.05, 0) is 24.1 Å². The van der Waals surface area contributed by atoms with E-state index in [9.17, 15) is 0 Å². The quantitative estimate of drug-likeness (QED) is 0.615. The topological polar surface area (TPSA) is 52.6 Å². The predicted octanol–water partition coefficient (Wildman–Crippen LogP) is 5.16. The normalized spacial score (nSPS) is 18.3. The highest BCUT2D eigenvalue weighted by atomic mass is 32.1. The number of thiazole rings is 1. The van der Waals surface area contributed by atoms with Crippen molar-refractivity contribution in [2.75, 3.05) is 25.0 Å². The fourth-order valence-corrected chi connectivity index (χ4v) is 5.04. The Labute approximate surface area is 183 Å². The van der Waals surface area contributed by atoms with E-state index in [1.165, 1.54) is 5.56 Å². The molecule has 1 fully saturated rings. The Morgan fingerprint density at radius 3 is 2.77 bits per heavy atom. The van der Waals surface area contributed by atoms with Crippen LogP contribution in [0.2, 0.25) is 0 Å². The number of benzene rings is 2. The highest BCUT2D eigenvalue weighted by Crippen LogP contribution is 2.39. The first-order valence-corrected chi connectivity index (χ1v) is 11.5. The number of hydrogen-bond donors (Lipinski definition) is 2. The fourth-order valence-electron chi connectivity index (χ4n) is 4.06. The molecule has 2 aliphatic rings. The first-order chi connectivity index (χ1) is 14.7. The van der Waals surface area contributed by atoms with Crippen LogP contribution in [0.25, 0.3) is 0 Å². The first-order valence-electron chi connectivity index (χ1n) is 10.7. The summed E-state index contributed by atoms with van der Waals surface area (Å²) in [7, 11) is 0. The summed E-state index contributed by atoms with van der Waals surface area (Å²) in [5.74, 6) is 1.39. The van der Waals surface area contributed by atoms with E-state index in [0.717, 1.165) is 59.0 Å². The zero-order valence-electron chi connectivity index (χ0n) is 17.4. The molecule has 0 aliphatic carbocycles. The molecular formula is C24H29N5S. The van der Waals surface area contributed by atoms with Gasteiger partial charge in [-0.3, -0.25) is 0 Å². The number of rotatable bonds is 3. The molecule has 156 valence electrons. The molecule has 3 heterocycles. The Morgan fingerprint density at radius 1 is 1.13 bits per heavy atom. The Balaban J connectivity index is 0.00000231. The van der Waals surface area contributed by atoms with Crippen LogP contribution in [-0.4, -0.2) is 41.4 Å². The second kappa shape index (κ2) is 8.20. The van der Waals surface area contributed by atoms with E-state index in [2.05, 4.69) is 77.9 Å². The van der Waals surface area contributed by atoms with Crippen molar-refractivity contribution in [3.05, 3.63) is 70.9 Å². The van der Waals surface area contributed by atoms with Crippen molar-refractivity contribution in [2.45, 2.75) is 32.2 Å². The van der Waals surface area contributed by atoms with Gasteiger partial charge in [-0.2, -0.15) is 0 Å². The number of nitrogens with zero attached hydrogens (tertiary/aromatic N) is 3. The highest BCUT2D eigenvalue weighted by molar-refractivity contribution is 7.16. The summed E-state index contributed by atoms with van der Waals surface area (Å²) in [6.07, 6.45) is 1.01. The van der Waals surface area contributed by atoms with Gasteiger partial charge >= 0.3 is 0 Å². The number of amidine groups is 1. The molecule has 2 aromatic carbocycles. The maximum Gasteiger partial charge on any atom is 0.158 e. The minimum atomic E-state index is 0. The van der Waals surface area contributed by atoms with Crippen molar-refractivity contribution in [1.82, 2.24) is 15.2 Å². The summed E-state index contributed by atoms with van der Waals surface area (Å²) in [6.45, 7) is 7.19. The molecule has 30 heavy (non-hydrogen) atoms. The Hall–Kier alpha value is -2.70. The Kier molecular flexibility index (Phi) is 5.27. The number of anilines is 2. The van der Waals surface area contributed by atoms with Gasteiger partial charge in [-0.1, -0.05) is 56.3 Å². The molecule has 2 aliphatic heterocycles. The van der Waals surface area contributed by atoms with Gasteiger partial charge in [-0.15, -0.1) is 11.3 Å². The monoisotopic (exact) mass is 419 g/mol. The molecule has 3 aromatic rings. The molecule has 1 atom stereocenters. The first kappa shape index (κ1) is 19.3. The Bertz CT molecular complexity index is 1060. The van der Waals surface area contributed by atoms with Gasteiger partial charge in [0.15, 0.2) is 5.84 Å². The van der Waals surface area contributed by atoms with E-state index in [0.29, 0.717) is 12.0 Å². The van der Waals surface area contributed by atoms with E-state index in [-0.39, 0.29) is 1.43 Å². The molecule has 0 radical (unpaired) electrons. The van der Waals surface area contributed by atoms with Crippen molar-refractivity contribution in [2.24, 2.45) is 4.99 Å². The lowest BCUT2D eigenvalue weighted by molar-refractivity contribution is 0.290. The van der Waals surface area contributed by atoms with Crippen molar-refractivity contribution >= 4 is 33.5 Å². The summed E-state index contributed by atoms with van der Waals surface area (Å²) in [5.41, 5.74) is 4.37. The molecule has 0 bridgehead atoms. The smallest absolute Gasteiger partial charge is 0.158 e. The summed E-state index contributed by atoms with van der Waals surface area (Å²) in [5, 5.41) is 9.53. The van der Waals surface area contributed by atoms with Crippen LogP contribution >= 0.6 is 11.3 Å². The highest BCUT2D eigenvalue weighted by Gasteiger charge is 2.29. The SMILES string of the molecule is CC(C)c1nc2c(s1)Nc1ccccc1N=C2N1CCN[C@@H](Cc2ccccc2)C1.[HH]. The van der Waals surface area contributed by atoms with E-state index >= 15 is 0 Å². The lowest BCUT2D eigenvalue weighted by Gasteiger charge is -2.35. The van der Waals surface area contributed by atoms with Crippen LogP contribution in [0.5, 0.6) is 0 Å². The van der Waals surface area contributed by atoms with E-state index in [1.807, 2.05) is 6.07 Å². The number of nitrogens with one attached hydrogen (secondary N) is 2. The van der Waals surface area contributed by atoms with Gasteiger partial charge in [-0.25, -0.2) is 9.98 Å². The third-order valence-electron chi connectivity index (χ3n) is 5.61. The molecule has 1 saturated heterocycles. The second-order valence-electron chi connectivity index (χ2n) is 8.25. The number of piperazine rings is 1. The van der Waals surface area contributed by atoms with E-state index in [4.69, 9.17) is 9.98 Å². The average molecular weight is 420 g/mol. The van der Waals surface area contributed by atoms with Crippen LogP contribution in [0.15, 0.2) is 59.6 Å². The largest absolute Gasteiger partial charge is 0.352 e. The summed E-state index contributed by atoms with van der Waals surface area (Å²) in [4.78, 5) is 12.6. The predicted molar refractivity (Wildman–Crippen MR) is 128 cm³/mol. The van der Waals surface area contributed by atoms with Crippen LogP contribution in [-0.2, 0) is 6.42 Å². The molecule has 5 nitrogen and oxygen atoms in total. The van der Waals surface area contributed by atoms with Crippen LogP contribution in [0.3, 0.4) is 0 Å². The Morgan fingerprint density at radius 2 is 1.93 bits per heavy atom. The molecule has 2 N–H and O–H groups in total.